The van der Waals surface area contributed by atoms with E-state index >= 15 is 0 Å². The van der Waals surface area contributed by atoms with Gasteiger partial charge in [-0.15, -0.1) is 0 Å². The molecule has 2 amide bonds. The van der Waals surface area contributed by atoms with Gasteiger partial charge in [-0.3, -0.25) is 9.59 Å². The molecule has 34 heavy (non-hydrogen) atoms. The van der Waals surface area contributed by atoms with E-state index in [1.54, 1.807) is 38.5 Å². The molecule has 2 saturated heterocycles. The normalized spacial score (nSPS) is 17.7. The SMILES string of the molecule is COc1ccc(C(=O)N2CCC3(CC2)CC(=O)N(c2ccc(/C(C=N)=C/N)c(OC)c2)C3)cc1. The Labute approximate surface area is 199 Å². The number of allylic oxidation sites excluding steroid dienone is 1. The Morgan fingerprint density at radius 2 is 1.79 bits per heavy atom. The van der Waals surface area contributed by atoms with Crippen molar-refractivity contribution < 1.29 is 19.1 Å². The van der Waals surface area contributed by atoms with Crippen molar-refractivity contribution in [3.05, 3.63) is 59.8 Å². The predicted molar refractivity (Wildman–Crippen MR) is 131 cm³/mol. The minimum atomic E-state index is -0.142. The van der Waals surface area contributed by atoms with E-state index in [4.69, 9.17) is 20.6 Å². The van der Waals surface area contributed by atoms with E-state index in [1.807, 2.05) is 28.0 Å². The molecule has 0 saturated carbocycles. The minimum absolute atomic E-state index is 0.00830. The Bertz CT molecular complexity index is 1120. The Morgan fingerprint density at radius 1 is 1.09 bits per heavy atom. The Balaban J connectivity index is 1.45. The molecule has 8 heteroatoms. The van der Waals surface area contributed by atoms with Gasteiger partial charge in [0.05, 0.1) is 14.2 Å². The first kappa shape index (κ1) is 23.4. The van der Waals surface area contributed by atoms with Gasteiger partial charge >= 0.3 is 0 Å². The van der Waals surface area contributed by atoms with E-state index in [0.717, 1.165) is 24.3 Å². The van der Waals surface area contributed by atoms with Gasteiger partial charge in [-0.1, -0.05) is 0 Å². The van der Waals surface area contributed by atoms with Gasteiger partial charge < -0.3 is 30.4 Å². The van der Waals surface area contributed by atoms with Gasteiger partial charge in [0.25, 0.3) is 5.91 Å². The van der Waals surface area contributed by atoms with Crippen LogP contribution in [0.15, 0.2) is 48.7 Å². The summed E-state index contributed by atoms with van der Waals surface area (Å²) in [6.45, 7) is 1.86. The van der Waals surface area contributed by atoms with Crippen molar-refractivity contribution in [2.45, 2.75) is 19.3 Å². The molecule has 2 aromatic carbocycles. The highest BCUT2D eigenvalue weighted by Crippen LogP contribution is 2.43. The van der Waals surface area contributed by atoms with Crippen LogP contribution in [0.4, 0.5) is 5.69 Å². The number of nitrogens with one attached hydrogen (secondary N) is 1. The smallest absolute Gasteiger partial charge is 0.253 e. The third kappa shape index (κ3) is 4.35. The zero-order valence-electron chi connectivity index (χ0n) is 19.5. The lowest BCUT2D eigenvalue weighted by molar-refractivity contribution is -0.118. The lowest BCUT2D eigenvalue weighted by Crippen LogP contribution is -2.44. The molecule has 2 aliphatic rings. The summed E-state index contributed by atoms with van der Waals surface area (Å²) in [5.74, 6) is 1.36. The van der Waals surface area contributed by atoms with Crippen LogP contribution in [-0.2, 0) is 4.79 Å². The van der Waals surface area contributed by atoms with Gasteiger partial charge in [-0.25, -0.2) is 0 Å². The molecule has 178 valence electrons. The maximum absolute atomic E-state index is 13.0. The molecule has 2 fully saturated rings. The number of rotatable bonds is 6. The number of piperidine rings is 1. The fourth-order valence-corrected chi connectivity index (χ4v) is 4.87. The Kier molecular flexibility index (Phi) is 6.58. The van der Waals surface area contributed by atoms with Crippen LogP contribution in [0.1, 0.15) is 35.2 Å². The van der Waals surface area contributed by atoms with Gasteiger partial charge in [0.1, 0.15) is 11.5 Å². The maximum atomic E-state index is 13.0. The second-order valence-electron chi connectivity index (χ2n) is 8.83. The van der Waals surface area contributed by atoms with Gasteiger partial charge in [-0.05, 0) is 49.2 Å². The summed E-state index contributed by atoms with van der Waals surface area (Å²) in [7, 11) is 3.16. The topological polar surface area (TPSA) is 109 Å². The molecule has 4 rings (SSSR count). The van der Waals surface area contributed by atoms with Crippen molar-refractivity contribution in [2.75, 3.05) is 38.8 Å². The van der Waals surface area contributed by atoms with E-state index in [0.29, 0.717) is 48.5 Å². The third-order valence-electron chi connectivity index (χ3n) is 6.91. The first-order valence-electron chi connectivity index (χ1n) is 11.3. The number of nitrogens with zero attached hydrogens (tertiary/aromatic N) is 2. The molecule has 2 heterocycles. The highest BCUT2D eigenvalue weighted by atomic mass is 16.5. The van der Waals surface area contributed by atoms with Gasteiger partial charge in [0, 0.05) is 72.3 Å². The molecular weight excluding hydrogens is 432 g/mol. The van der Waals surface area contributed by atoms with Crippen molar-refractivity contribution in [2.24, 2.45) is 11.1 Å². The summed E-state index contributed by atoms with van der Waals surface area (Å²) in [4.78, 5) is 29.6. The summed E-state index contributed by atoms with van der Waals surface area (Å²) < 4.78 is 10.7. The molecule has 3 N–H and O–H groups in total. The van der Waals surface area contributed by atoms with E-state index in [1.165, 1.54) is 12.4 Å². The molecule has 0 bridgehead atoms. The molecule has 0 atom stereocenters. The first-order valence-corrected chi connectivity index (χ1v) is 11.3. The highest BCUT2D eigenvalue weighted by molar-refractivity contribution is 6.09. The number of carbonyl (C=O) groups excluding carboxylic acids is 2. The average molecular weight is 463 g/mol. The van der Waals surface area contributed by atoms with Crippen molar-refractivity contribution in [1.29, 1.82) is 5.41 Å². The zero-order valence-corrected chi connectivity index (χ0v) is 19.5. The van der Waals surface area contributed by atoms with E-state index in [9.17, 15) is 9.59 Å². The van der Waals surface area contributed by atoms with Crippen LogP contribution in [0.2, 0.25) is 0 Å². The molecule has 0 aliphatic carbocycles. The number of hydrogen-bond donors (Lipinski definition) is 2. The van der Waals surface area contributed by atoms with Crippen LogP contribution in [-0.4, -0.2) is 56.8 Å². The molecule has 0 unspecified atom stereocenters. The molecule has 0 aromatic heterocycles. The molecule has 0 radical (unpaired) electrons. The lowest BCUT2D eigenvalue weighted by Gasteiger charge is -2.38. The average Bonchev–Trinajstić information content (AvgIpc) is 3.20. The Hall–Kier alpha value is -3.81. The van der Waals surface area contributed by atoms with Gasteiger partial charge in [0.15, 0.2) is 0 Å². The van der Waals surface area contributed by atoms with Gasteiger partial charge in [0.2, 0.25) is 5.91 Å². The fraction of sp³-hybridized carbons (Fsp3) is 0.346. The second kappa shape index (κ2) is 9.59. The summed E-state index contributed by atoms with van der Waals surface area (Å²) in [6, 6.07) is 12.7. The quantitative estimate of drug-likeness (QED) is 0.640. The van der Waals surface area contributed by atoms with E-state index < -0.39 is 0 Å². The number of benzene rings is 2. The van der Waals surface area contributed by atoms with Crippen molar-refractivity contribution in [3.8, 4) is 11.5 Å². The highest BCUT2D eigenvalue weighted by Gasteiger charge is 2.46. The van der Waals surface area contributed by atoms with Crippen LogP contribution in [0.5, 0.6) is 11.5 Å². The first-order chi connectivity index (χ1) is 16.4. The van der Waals surface area contributed by atoms with Crippen molar-refractivity contribution >= 4 is 29.3 Å². The number of nitrogens with two attached hydrogens (primary N) is 1. The predicted octanol–water partition coefficient (Wildman–Crippen LogP) is 3.31. The van der Waals surface area contributed by atoms with Crippen LogP contribution in [0.3, 0.4) is 0 Å². The number of ether oxygens (including phenoxy) is 2. The van der Waals surface area contributed by atoms with E-state index in [2.05, 4.69) is 0 Å². The second-order valence-corrected chi connectivity index (χ2v) is 8.83. The van der Waals surface area contributed by atoms with Crippen LogP contribution in [0, 0.1) is 10.8 Å². The molecule has 8 nitrogen and oxygen atoms in total. The monoisotopic (exact) mass is 462 g/mol. The minimum Gasteiger partial charge on any atom is -0.497 e. The van der Waals surface area contributed by atoms with E-state index in [-0.39, 0.29) is 17.2 Å². The lowest BCUT2D eigenvalue weighted by atomic mass is 9.77. The van der Waals surface area contributed by atoms with Crippen LogP contribution >= 0.6 is 0 Å². The number of methoxy groups -OCH3 is 2. The summed E-state index contributed by atoms with van der Waals surface area (Å²) in [5, 5.41) is 7.54. The number of carbonyl (C=O) groups is 2. The Morgan fingerprint density at radius 3 is 2.38 bits per heavy atom. The third-order valence-corrected chi connectivity index (χ3v) is 6.91. The van der Waals surface area contributed by atoms with Crippen molar-refractivity contribution in [1.82, 2.24) is 4.90 Å². The van der Waals surface area contributed by atoms with Crippen molar-refractivity contribution in [3.63, 3.8) is 0 Å². The molecule has 1 spiro atoms. The zero-order chi connectivity index (χ0) is 24.3. The molecular formula is C26H30N4O4. The summed E-state index contributed by atoms with van der Waals surface area (Å²) in [5.41, 5.74) is 8.14. The van der Waals surface area contributed by atoms with Crippen LogP contribution < -0.4 is 20.1 Å². The number of hydrogen-bond acceptors (Lipinski definition) is 6. The standard InChI is InChI=1S/C26H30N4O4/c1-33-21-6-3-18(4-7-21)25(32)29-11-9-26(10-12-29)14-24(31)30(17-26)20-5-8-22(19(15-27)16-28)23(13-20)34-2/h3-8,13,15-16,27H,9-12,14,17,28H2,1-2H3/b19-16+,27-15?. The number of amides is 2. The van der Waals surface area contributed by atoms with Crippen LogP contribution in [0.25, 0.3) is 5.57 Å². The largest absolute Gasteiger partial charge is 0.497 e. The number of anilines is 1. The maximum Gasteiger partial charge on any atom is 0.253 e. The molecule has 2 aromatic rings. The summed E-state index contributed by atoms with van der Waals surface area (Å²) >= 11 is 0. The summed E-state index contributed by atoms with van der Waals surface area (Å²) in [6.07, 6.45) is 4.56. The molecule has 2 aliphatic heterocycles. The van der Waals surface area contributed by atoms with Gasteiger partial charge in [-0.2, -0.15) is 0 Å². The number of likely N-dealkylation sites (tertiary alicyclic amines) is 1. The fourth-order valence-electron chi connectivity index (χ4n) is 4.87.